The molecule has 0 bridgehead atoms. The Kier molecular flexibility index (Phi) is 4.94. The molecule has 0 aliphatic carbocycles. The lowest BCUT2D eigenvalue weighted by Crippen LogP contribution is -2.41. The smallest absolute Gasteiger partial charge is 0.410 e. The van der Waals surface area contributed by atoms with Crippen LogP contribution in [0.1, 0.15) is 39.4 Å². The molecule has 0 aromatic carbocycles. The number of hydrogen-bond donors (Lipinski definition) is 0. The molecule has 21 heavy (non-hydrogen) atoms. The highest BCUT2D eigenvalue weighted by atomic mass is 16.6. The number of amides is 1. The van der Waals surface area contributed by atoms with E-state index < -0.39 is 5.60 Å². The molecule has 1 aliphatic rings. The number of piperidine rings is 1. The molecule has 1 aliphatic heterocycles. The zero-order valence-electron chi connectivity index (χ0n) is 13.0. The Morgan fingerprint density at radius 1 is 1.29 bits per heavy atom. The molecule has 0 spiro atoms. The van der Waals surface area contributed by atoms with Crippen LogP contribution in [0, 0.1) is 5.92 Å². The minimum absolute atomic E-state index is 0.212. The van der Waals surface area contributed by atoms with Crippen LogP contribution in [0.25, 0.3) is 6.08 Å². The molecule has 1 saturated heterocycles. The maximum Gasteiger partial charge on any atom is 0.410 e. The highest BCUT2D eigenvalue weighted by Gasteiger charge is 2.25. The van der Waals surface area contributed by atoms with Gasteiger partial charge in [0.1, 0.15) is 5.60 Å². The van der Waals surface area contributed by atoms with Gasteiger partial charge in [0, 0.05) is 25.5 Å². The second kappa shape index (κ2) is 6.70. The SMILES string of the molecule is CC(C)(C)OC(=O)N1CCC(C=Cc2ncccn2)CC1. The Morgan fingerprint density at radius 2 is 1.90 bits per heavy atom. The van der Waals surface area contributed by atoms with Crippen molar-refractivity contribution < 1.29 is 9.53 Å². The molecule has 0 radical (unpaired) electrons. The van der Waals surface area contributed by atoms with Gasteiger partial charge < -0.3 is 9.64 Å². The van der Waals surface area contributed by atoms with Gasteiger partial charge in [-0.1, -0.05) is 6.08 Å². The molecule has 1 fully saturated rings. The number of hydrogen-bond acceptors (Lipinski definition) is 4. The molecule has 0 atom stereocenters. The Balaban J connectivity index is 1.81. The van der Waals surface area contributed by atoms with Crippen LogP contribution in [0.4, 0.5) is 4.79 Å². The van der Waals surface area contributed by atoms with Gasteiger partial charge in [0.15, 0.2) is 5.82 Å². The van der Waals surface area contributed by atoms with Gasteiger partial charge in [-0.3, -0.25) is 0 Å². The first-order valence-corrected chi connectivity index (χ1v) is 7.37. The summed E-state index contributed by atoms with van der Waals surface area (Å²) in [5, 5.41) is 0. The van der Waals surface area contributed by atoms with E-state index in [1.165, 1.54) is 0 Å². The van der Waals surface area contributed by atoms with Crippen molar-refractivity contribution in [3.05, 3.63) is 30.4 Å². The summed E-state index contributed by atoms with van der Waals surface area (Å²) in [6.07, 6.45) is 9.24. The number of ether oxygens (including phenoxy) is 1. The maximum absolute atomic E-state index is 12.0. The summed E-state index contributed by atoms with van der Waals surface area (Å²) in [5.41, 5.74) is -0.432. The van der Waals surface area contributed by atoms with Crippen molar-refractivity contribution >= 4 is 12.2 Å². The molecule has 2 rings (SSSR count). The van der Waals surface area contributed by atoms with E-state index in [1.807, 2.05) is 26.8 Å². The lowest BCUT2D eigenvalue weighted by molar-refractivity contribution is 0.0197. The Hall–Kier alpha value is -1.91. The Labute approximate surface area is 126 Å². The second-order valence-corrected chi connectivity index (χ2v) is 6.27. The van der Waals surface area contributed by atoms with Crippen molar-refractivity contribution in [3.63, 3.8) is 0 Å². The molecule has 2 heterocycles. The molecular weight excluding hydrogens is 266 g/mol. The van der Waals surface area contributed by atoms with Crippen LogP contribution >= 0.6 is 0 Å². The summed E-state index contributed by atoms with van der Waals surface area (Å²) in [4.78, 5) is 22.1. The fourth-order valence-corrected chi connectivity index (χ4v) is 2.22. The van der Waals surface area contributed by atoms with Crippen molar-refractivity contribution in [2.75, 3.05) is 13.1 Å². The van der Waals surface area contributed by atoms with E-state index in [2.05, 4.69) is 16.0 Å². The van der Waals surface area contributed by atoms with Crippen LogP contribution in [-0.2, 0) is 4.74 Å². The quantitative estimate of drug-likeness (QED) is 0.839. The highest BCUT2D eigenvalue weighted by molar-refractivity contribution is 5.68. The lowest BCUT2D eigenvalue weighted by atomic mass is 9.96. The van der Waals surface area contributed by atoms with Gasteiger partial charge in [0.2, 0.25) is 0 Å². The number of likely N-dealkylation sites (tertiary alicyclic amines) is 1. The number of aromatic nitrogens is 2. The minimum atomic E-state index is -0.432. The van der Waals surface area contributed by atoms with Crippen LogP contribution in [-0.4, -0.2) is 39.7 Å². The second-order valence-electron chi connectivity index (χ2n) is 6.27. The Morgan fingerprint density at radius 3 is 2.48 bits per heavy atom. The van der Waals surface area contributed by atoms with Crippen LogP contribution in [0.3, 0.4) is 0 Å². The average Bonchev–Trinajstić information content (AvgIpc) is 2.45. The van der Waals surface area contributed by atoms with E-state index in [4.69, 9.17) is 4.74 Å². The maximum atomic E-state index is 12.0. The first-order valence-electron chi connectivity index (χ1n) is 7.37. The molecule has 114 valence electrons. The van der Waals surface area contributed by atoms with Gasteiger partial charge in [0.05, 0.1) is 0 Å². The number of nitrogens with zero attached hydrogens (tertiary/aromatic N) is 3. The molecule has 1 amide bonds. The summed E-state index contributed by atoms with van der Waals surface area (Å²) in [6.45, 7) is 7.14. The van der Waals surface area contributed by atoms with Crippen LogP contribution in [0.2, 0.25) is 0 Å². The van der Waals surface area contributed by atoms with Gasteiger partial charge in [-0.15, -0.1) is 0 Å². The van der Waals surface area contributed by atoms with E-state index in [0.717, 1.165) is 31.8 Å². The minimum Gasteiger partial charge on any atom is -0.444 e. The van der Waals surface area contributed by atoms with Crippen LogP contribution in [0.15, 0.2) is 24.5 Å². The van der Waals surface area contributed by atoms with E-state index in [9.17, 15) is 4.79 Å². The number of carbonyl (C=O) groups is 1. The first-order chi connectivity index (χ1) is 9.94. The topological polar surface area (TPSA) is 55.3 Å². The average molecular weight is 289 g/mol. The van der Waals surface area contributed by atoms with Gasteiger partial charge in [-0.05, 0) is 51.7 Å². The van der Waals surface area contributed by atoms with Gasteiger partial charge in [-0.2, -0.15) is 0 Å². The summed E-state index contributed by atoms with van der Waals surface area (Å²) >= 11 is 0. The normalized spacial score (nSPS) is 17.2. The van der Waals surface area contributed by atoms with E-state index >= 15 is 0 Å². The fourth-order valence-electron chi connectivity index (χ4n) is 2.22. The molecule has 0 unspecified atom stereocenters. The first kappa shape index (κ1) is 15.5. The third-order valence-electron chi connectivity index (χ3n) is 3.29. The van der Waals surface area contributed by atoms with Crippen molar-refractivity contribution in [2.45, 2.75) is 39.2 Å². The fraction of sp³-hybridized carbons (Fsp3) is 0.562. The predicted molar refractivity (Wildman–Crippen MR) is 81.6 cm³/mol. The van der Waals surface area contributed by atoms with Crippen molar-refractivity contribution in [2.24, 2.45) is 5.92 Å². The monoisotopic (exact) mass is 289 g/mol. The van der Waals surface area contributed by atoms with Crippen molar-refractivity contribution in [1.29, 1.82) is 0 Å². The lowest BCUT2D eigenvalue weighted by Gasteiger charge is -2.32. The largest absolute Gasteiger partial charge is 0.444 e. The zero-order chi connectivity index (χ0) is 15.3. The number of allylic oxidation sites excluding steroid dienone is 1. The standard InChI is InChI=1S/C16H23N3O2/c1-16(2,3)21-15(20)19-11-7-13(8-12-19)5-6-14-17-9-4-10-18-14/h4-6,9-10,13H,7-8,11-12H2,1-3H3. The third-order valence-corrected chi connectivity index (χ3v) is 3.29. The van der Waals surface area contributed by atoms with Crippen LogP contribution in [0.5, 0.6) is 0 Å². The molecule has 5 heteroatoms. The van der Waals surface area contributed by atoms with E-state index in [0.29, 0.717) is 5.92 Å². The van der Waals surface area contributed by atoms with E-state index in [-0.39, 0.29) is 6.09 Å². The Bertz CT molecular complexity index is 486. The highest BCUT2D eigenvalue weighted by Crippen LogP contribution is 2.21. The number of rotatable bonds is 2. The molecule has 1 aromatic heterocycles. The van der Waals surface area contributed by atoms with Gasteiger partial charge >= 0.3 is 6.09 Å². The van der Waals surface area contributed by atoms with E-state index in [1.54, 1.807) is 23.4 Å². The third kappa shape index (κ3) is 5.17. The molecular formula is C16H23N3O2. The summed E-state index contributed by atoms with van der Waals surface area (Å²) < 4.78 is 5.39. The molecule has 5 nitrogen and oxygen atoms in total. The van der Waals surface area contributed by atoms with Crippen molar-refractivity contribution in [1.82, 2.24) is 14.9 Å². The summed E-state index contributed by atoms with van der Waals surface area (Å²) in [6, 6.07) is 1.80. The zero-order valence-corrected chi connectivity index (χ0v) is 13.0. The molecule has 0 N–H and O–H groups in total. The number of carbonyl (C=O) groups excluding carboxylic acids is 1. The van der Waals surface area contributed by atoms with Crippen LogP contribution < -0.4 is 0 Å². The molecule has 0 saturated carbocycles. The molecule has 1 aromatic rings. The summed E-state index contributed by atoms with van der Waals surface area (Å²) in [7, 11) is 0. The summed E-state index contributed by atoms with van der Waals surface area (Å²) in [5.74, 6) is 1.19. The predicted octanol–water partition coefficient (Wildman–Crippen LogP) is 3.14. The van der Waals surface area contributed by atoms with Gasteiger partial charge in [-0.25, -0.2) is 14.8 Å². The van der Waals surface area contributed by atoms with Gasteiger partial charge in [0.25, 0.3) is 0 Å². The van der Waals surface area contributed by atoms with Crippen molar-refractivity contribution in [3.8, 4) is 0 Å².